The number of rotatable bonds is 2. The van der Waals surface area contributed by atoms with Crippen LogP contribution in [0.2, 0.25) is 0 Å². The predicted molar refractivity (Wildman–Crippen MR) is 80.8 cm³/mol. The second-order valence-electron chi connectivity index (χ2n) is 5.59. The summed E-state index contributed by atoms with van der Waals surface area (Å²) in [4.78, 5) is 0. The Kier molecular flexibility index (Phi) is 3.78. The molecule has 19 heavy (non-hydrogen) atoms. The first kappa shape index (κ1) is 14.2. The van der Waals surface area contributed by atoms with Crippen LogP contribution in [-0.2, 0) is 12.1 Å². The molecule has 0 saturated carbocycles. The number of hydrogen-bond acceptors (Lipinski definition) is 3. The van der Waals surface area contributed by atoms with Crippen LogP contribution in [0, 0.1) is 6.92 Å². The Morgan fingerprint density at radius 3 is 2.53 bits per heavy atom. The van der Waals surface area contributed by atoms with Crippen molar-refractivity contribution in [2.75, 3.05) is 0 Å². The minimum atomic E-state index is -0.114. The van der Waals surface area contributed by atoms with Gasteiger partial charge in [-0.25, -0.2) is 0 Å². The second kappa shape index (κ2) is 5.06. The Labute approximate surface area is 122 Å². The van der Waals surface area contributed by atoms with Gasteiger partial charge in [-0.1, -0.05) is 18.2 Å². The number of nitrogens with two attached hydrogens (primary N) is 1. The number of aryl methyl sites for hydroxylation is 1. The van der Waals surface area contributed by atoms with E-state index in [1.165, 1.54) is 5.56 Å². The Morgan fingerprint density at radius 1 is 1.26 bits per heavy atom. The minimum absolute atomic E-state index is 0.114. The zero-order valence-corrected chi connectivity index (χ0v) is 13.3. The summed E-state index contributed by atoms with van der Waals surface area (Å²) in [5.74, 6) is 1.65. The van der Waals surface area contributed by atoms with Crippen LogP contribution in [0.25, 0.3) is 11.4 Å². The van der Waals surface area contributed by atoms with Crippen molar-refractivity contribution in [2.24, 2.45) is 5.73 Å². The summed E-state index contributed by atoms with van der Waals surface area (Å²) < 4.78 is 3.16. The van der Waals surface area contributed by atoms with E-state index in [0.29, 0.717) is 6.54 Å². The maximum absolute atomic E-state index is 5.77. The summed E-state index contributed by atoms with van der Waals surface area (Å²) in [6.07, 6.45) is 0. The first-order valence-corrected chi connectivity index (χ1v) is 7.06. The van der Waals surface area contributed by atoms with E-state index in [9.17, 15) is 0 Å². The fourth-order valence-electron chi connectivity index (χ4n) is 2.15. The highest BCUT2D eigenvalue weighted by Crippen LogP contribution is 2.32. The van der Waals surface area contributed by atoms with Gasteiger partial charge in [-0.15, -0.1) is 10.2 Å². The lowest BCUT2D eigenvalue weighted by Crippen LogP contribution is -2.26. The summed E-state index contributed by atoms with van der Waals surface area (Å²) in [5.41, 5.74) is 7.88. The van der Waals surface area contributed by atoms with Crippen LogP contribution in [-0.4, -0.2) is 14.8 Å². The molecule has 0 spiro atoms. The van der Waals surface area contributed by atoms with Crippen LogP contribution in [0.5, 0.6) is 0 Å². The molecule has 2 N–H and O–H groups in total. The number of aromatic nitrogens is 3. The maximum atomic E-state index is 5.77. The molecular weight excluding hydrogens is 304 g/mol. The van der Waals surface area contributed by atoms with E-state index < -0.39 is 0 Å². The van der Waals surface area contributed by atoms with Gasteiger partial charge in [0.1, 0.15) is 5.82 Å². The standard InChI is InChI=1S/C14H19BrN4/c1-9-6-5-7-10(12(9)15)13-18-17-11(8-16)19(13)14(2,3)4/h5-7H,8,16H2,1-4H3. The van der Waals surface area contributed by atoms with Gasteiger partial charge in [-0.05, 0) is 49.2 Å². The third-order valence-electron chi connectivity index (χ3n) is 3.02. The van der Waals surface area contributed by atoms with E-state index in [4.69, 9.17) is 5.73 Å². The monoisotopic (exact) mass is 322 g/mol. The van der Waals surface area contributed by atoms with Crippen LogP contribution in [0.15, 0.2) is 22.7 Å². The van der Waals surface area contributed by atoms with Crippen LogP contribution >= 0.6 is 15.9 Å². The van der Waals surface area contributed by atoms with E-state index in [0.717, 1.165) is 21.7 Å². The molecule has 0 aliphatic rings. The van der Waals surface area contributed by atoms with Gasteiger partial charge in [0.25, 0.3) is 0 Å². The van der Waals surface area contributed by atoms with Crippen molar-refractivity contribution >= 4 is 15.9 Å². The highest BCUT2D eigenvalue weighted by Gasteiger charge is 2.24. The van der Waals surface area contributed by atoms with Gasteiger partial charge < -0.3 is 10.3 Å². The summed E-state index contributed by atoms with van der Waals surface area (Å²) >= 11 is 3.64. The zero-order valence-electron chi connectivity index (χ0n) is 11.7. The summed E-state index contributed by atoms with van der Waals surface area (Å²) in [6.45, 7) is 8.83. The molecule has 2 rings (SSSR count). The largest absolute Gasteiger partial charge is 0.324 e. The van der Waals surface area contributed by atoms with Crippen molar-refractivity contribution in [1.29, 1.82) is 0 Å². The molecule has 0 atom stereocenters. The minimum Gasteiger partial charge on any atom is -0.324 e. The number of nitrogens with zero attached hydrogens (tertiary/aromatic N) is 3. The summed E-state index contributed by atoms with van der Waals surface area (Å²) in [7, 11) is 0. The molecule has 2 aromatic rings. The average Bonchev–Trinajstić information content (AvgIpc) is 2.76. The van der Waals surface area contributed by atoms with Crippen molar-refractivity contribution in [3.8, 4) is 11.4 Å². The molecule has 1 aromatic heterocycles. The molecule has 5 heteroatoms. The number of halogens is 1. The third kappa shape index (κ3) is 2.58. The highest BCUT2D eigenvalue weighted by atomic mass is 79.9. The summed E-state index contributed by atoms with van der Waals surface area (Å²) in [5, 5.41) is 8.54. The lowest BCUT2D eigenvalue weighted by atomic mass is 10.1. The first-order valence-electron chi connectivity index (χ1n) is 6.26. The molecular formula is C14H19BrN4. The molecule has 0 aliphatic carbocycles. The lowest BCUT2D eigenvalue weighted by Gasteiger charge is -2.25. The van der Waals surface area contributed by atoms with Gasteiger partial charge in [0.15, 0.2) is 5.82 Å². The third-order valence-corrected chi connectivity index (χ3v) is 4.07. The van der Waals surface area contributed by atoms with Gasteiger partial charge in [0.2, 0.25) is 0 Å². The molecule has 1 heterocycles. The SMILES string of the molecule is Cc1cccc(-c2nnc(CN)n2C(C)(C)C)c1Br. The van der Waals surface area contributed by atoms with Gasteiger partial charge in [0, 0.05) is 15.6 Å². The van der Waals surface area contributed by atoms with Crippen LogP contribution in [0.1, 0.15) is 32.2 Å². The fraction of sp³-hybridized carbons (Fsp3) is 0.429. The number of hydrogen-bond donors (Lipinski definition) is 1. The van der Waals surface area contributed by atoms with Crippen molar-refractivity contribution in [3.63, 3.8) is 0 Å². The molecule has 0 unspecified atom stereocenters. The Morgan fingerprint density at radius 2 is 1.95 bits per heavy atom. The Bertz CT molecular complexity index is 596. The molecule has 1 aromatic carbocycles. The fourth-order valence-corrected chi connectivity index (χ4v) is 2.59. The van der Waals surface area contributed by atoms with E-state index in [1.54, 1.807) is 0 Å². The van der Waals surface area contributed by atoms with Gasteiger partial charge in [0.05, 0.1) is 6.54 Å². The molecule has 0 aliphatic heterocycles. The molecule has 102 valence electrons. The highest BCUT2D eigenvalue weighted by molar-refractivity contribution is 9.10. The van der Waals surface area contributed by atoms with E-state index in [-0.39, 0.29) is 5.54 Å². The predicted octanol–water partition coefficient (Wildman–Crippen LogP) is 3.23. The molecule has 0 amide bonds. The van der Waals surface area contributed by atoms with Crippen molar-refractivity contribution in [3.05, 3.63) is 34.1 Å². The van der Waals surface area contributed by atoms with Crippen LogP contribution < -0.4 is 5.73 Å². The zero-order chi connectivity index (χ0) is 14.2. The first-order chi connectivity index (χ1) is 8.86. The molecule has 4 nitrogen and oxygen atoms in total. The number of benzene rings is 1. The van der Waals surface area contributed by atoms with E-state index >= 15 is 0 Å². The molecule has 0 saturated heterocycles. The van der Waals surface area contributed by atoms with E-state index in [1.807, 2.05) is 12.1 Å². The van der Waals surface area contributed by atoms with Crippen molar-refractivity contribution in [2.45, 2.75) is 39.8 Å². The normalized spacial score (nSPS) is 11.9. The second-order valence-corrected chi connectivity index (χ2v) is 6.38. The Balaban J connectivity index is 2.70. The van der Waals surface area contributed by atoms with Gasteiger partial charge >= 0.3 is 0 Å². The lowest BCUT2D eigenvalue weighted by molar-refractivity contribution is 0.386. The van der Waals surface area contributed by atoms with Crippen molar-refractivity contribution < 1.29 is 0 Å². The Hall–Kier alpha value is -1.20. The van der Waals surface area contributed by atoms with Crippen LogP contribution in [0.4, 0.5) is 0 Å². The summed E-state index contributed by atoms with van der Waals surface area (Å²) in [6, 6.07) is 6.14. The van der Waals surface area contributed by atoms with Crippen LogP contribution in [0.3, 0.4) is 0 Å². The van der Waals surface area contributed by atoms with Crippen molar-refractivity contribution in [1.82, 2.24) is 14.8 Å². The smallest absolute Gasteiger partial charge is 0.165 e. The average molecular weight is 323 g/mol. The quantitative estimate of drug-likeness (QED) is 0.923. The molecule has 0 bridgehead atoms. The van der Waals surface area contributed by atoms with E-state index in [2.05, 4.69) is 64.5 Å². The maximum Gasteiger partial charge on any atom is 0.165 e. The van der Waals surface area contributed by atoms with Gasteiger partial charge in [-0.3, -0.25) is 0 Å². The topological polar surface area (TPSA) is 56.7 Å². The van der Waals surface area contributed by atoms with Gasteiger partial charge in [-0.2, -0.15) is 0 Å². The molecule has 0 radical (unpaired) electrons. The molecule has 0 fully saturated rings.